The van der Waals surface area contributed by atoms with Gasteiger partial charge in [-0.15, -0.1) is 0 Å². The van der Waals surface area contributed by atoms with E-state index >= 15 is 0 Å². The summed E-state index contributed by atoms with van der Waals surface area (Å²) in [6.45, 7) is 11.5. The summed E-state index contributed by atoms with van der Waals surface area (Å²) in [5, 5.41) is 12.4. The van der Waals surface area contributed by atoms with E-state index in [0.717, 1.165) is 33.9 Å². The number of carbonyl (C=O) groups is 1. The molecule has 0 radical (unpaired) electrons. The van der Waals surface area contributed by atoms with Gasteiger partial charge in [-0.1, -0.05) is 45.9 Å². The Morgan fingerprint density at radius 1 is 0.903 bits per heavy atom. The Morgan fingerprint density at radius 3 is 2.10 bits per heavy atom. The monoisotopic (exact) mass is 416 g/mol. The van der Waals surface area contributed by atoms with Crippen LogP contribution in [0, 0.1) is 0 Å². The minimum absolute atomic E-state index is 0.00609. The van der Waals surface area contributed by atoms with Crippen molar-refractivity contribution in [3.8, 4) is 11.1 Å². The predicted octanol–water partition coefficient (Wildman–Crippen LogP) is 6.52. The van der Waals surface area contributed by atoms with Crippen LogP contribution in [-0.2, 0) is 22.2 Å². The van der Waals surface area contributed by atoms with Gasteiger partial charge in [-0.3, -0.25) is 0 Å². The number of ether oxygens (including phenoxy) is 1. The molecule has 0 atom stereocenters. The molecule has 1 aliphatic rings. The first-order valence-corrected chi connectivity index (χ1v) is 11.2. The second-order valence-electron chi connectivity index (χ2n) is 9.98. The van der Waals surface area contributed by atoms with Crippen LogP contribution >= 0.6 is 0 Å². The molecule has 0 amide bonds. The third kappa shape index (κ3) is 3.87. The summed E-state index contributed by atoms with van der Waals surface area (Å²) in [6.07, 6.45) is 2.33. The average molecular weight is 417 g/mol. The quantitative estimate of drug-likeness (QED) is 0.492. The van der Waals surface area contributed by atoms with Crippen molar-refractivity contribution in [3.05, 3.63) is 70.8 Å². The van der Waals surface area contributed by atoms with E-state index in [4.69, 9.17) is 4.74 Å². The van der Waals surface area contributed by atoms with Gasteiger partial charge < -0.3 is 9.84 Å². The molecular formula is C28H32O3. The van der Waals surface area contributed by atoms with Gasteiger partial charge >= 0.3 is 5.97 Å². The Hall–Kier alpha value is -2.65. The van der Waals surface area contributed by atoms with Crippen molar-refractivity contribution in [2.45, 2.75) is 64.9 Å². The molecule has 1 N–H and O–H groups in total. The first kappa shape index (κ1) is 21.6. The number of fused-ring (bicyclic) bond motifs is 2. The number of hydrogen-bond donors (Lipinski definition) is 1. The van der Waals surface area contributed by atoms with Crippen LogP contribution in [0.15, 0.2) is 48.5 Å². The Labute approximate surface area is 185 Å². The van der Waals surface area contributed by atoms with Crippen LogP contribution < -0.4 is 0 Å². The summed E-state index contributed by atoms with van der Waals surface area (Å²) in [7, 11) is 0. The lowest BCUT2D eigenvalue weighted by Crippen LogP contribution is -2.33. The van der Waals surface area contributed by atoms with Crippen LogP contribution in [0.4, 0.5) is 0 Å². The fraction of sp³-hybridized carbons (Fsp3) is 0.393. The molecule has 162 valence electrons. The van der Waals surface area contributed by atoms with Crippen LogP contribution in [-0.4, -0.2) is 17.7 Å². The topological polar surface area (TPSA) is 46.5 Å². The van der Waals surface area contributed by atoms with Gasteiger partial charge in [-0.2, -0.15) is 0 Å². The van der Waals surface area contributed by atoms with Gasteiger partial charge in [0.15, 0.2) is 0 Å². The number of rotatable bonds is 4. The molecule has 3 heteroatoms. The highest BCUT2D eigenvalue weighted by Crippen LogP contribution is 2.47. The van der Waals surface area contributed by atoms with Gasteiger partial charge in [-0.05, 0) is 99.5 Å². The molecule has 0 fully saturated rings. The van der Waals surface area contributed by atoms with Crippen LogP contribution in [0.1, 0.15) is 74.5 Å². The summed E-state index contributed by atoms with van der Waals surface area (Å²) >= 11 is 0. The lowest BCUT2D eigenvalue weighted by Gasteiger charge is -2.42. The number of carbonyl (C=O) groups excluding carboxylic acids is 1. The Morgan fingerprint density at radius 2 is 1.52 bits per heavy atom. The van der Waals surface area contributed by atoms with Gasteiger partial charge in [0.05, 0.1) is 18.8 Å². The van der Waals surface area contributed by atoms with Gasteiger partial charge in [0.2, 0.25) is 0 Å². The number of aliphatic hydroxyl groups is 1. The van der Waals surface area contributed by atoms with E-state index in [1.165, 1.54) is 17.5 Å². The highest BCUT2D eigenvalue weighted by molar-refractivity contribution is 5.93. The maximum atomic E-state index is 12.0. The molecule has 3 aromatic rings. The van der Waals surface area contributed by atoms with Crippen molar-refractivity contribution in [2.24, 2.45) is 0 Å². The summed E-state index contributed by atoms with van der Waals surface area (Å²) in [5.41, 5.74) is 6.62. The molecule has 0 spiro atoms. The van der Waals surface area contributed by atoms with Crippen LogP contribution in [0.2, 0.25) is 0 Å². The van der Waals surface area contributed by atoms with Gasteiger partial charge in [-0.25, -0.2) is 4.79 Å². The van der Waals surface area contributed by atoms with E-state index in [9.17, 15) is 9.90 Å². The molecular weight excluding hydrogens is 384 g/mol. The van der Waals surface area contributed by atoms with Crippen LogP contribution in [0.5, 0.6) is 0 Å². The number of hydrogen-bond acceptors (Lipinski definition) is 3. The van der Waals surface area contributed by atoms with Gasteiger partial charge in [0, 0.05) is 0 Å². The third-order valence-electron chi connectivity index (χ3n) is 6.91. The van der Waals surface area contributed by atoms with E-state index in [-0.39, 0.29) is 23.4 Å². The van der Waals surface area contributed by atoms with E-state index in [2.05, 4.69) is 52.0 Å². The molecule has 0 aliphatic heterocycles. The van der Waals surface area contributed by atoms with Gasteiger partial charge in [0.1, 0.15) is 0 Å². The molecule has 1 aliphatic carbocycles. The Kier molecular flexibility index (Phi) is 5.43. The third-order valence-corrected chi connectivity index (χ3v) is 6.91. The van der Waals surface area contributed by atoms with E-state index in [1.807, 2.05) is 12.1 Å². The maximum absolute atomic E-state index is 12.0. The first-order chi connectivity index (χ1) is 14.7. The van der Waals surface area contributed by atoms with E-state index in [0.29, 0.717) is 12.2 Å². The summed E-state index contributed by atoms with van der Waals surface area (Å²) in [4.78, 5) is 12.0. The highest BCUT2D eigenvalue weighted by atomic mass is 16.5. The normalized spacial score (nSPS) is 16.7. The Bertz CT molecular complexity index is 1140. The van der Waals surface area contributed by atoms with Crippen molar-refractivity contribution in [3.63, 3.8) is 0 Å². The van der Waals surface area contributed by atoms with Crippen molar-refractivity contribution in [1.29, 1.82) is 0 Å². The van der Waals surface area contributed by atoms with Crippen LogP contribution in [0.3, 0.4) is 0 Å². The molecule has 0 aromatic heterocycles. The second kappa shape index (κ2) is 7.80. The maximum Gasteiger partial charge on any atom is 0.338 e. The zero-order chi connectivity index (χ0) is 22.4. The smallest absolute Gasteiger partial charge is 0.338 e. The average Bonchev–Trinajstić information content (AvgIpc) is 2.75. The van der Waals surface area contributed by atoms with Crippen molar-refractivity contribution >= 4 is 16.7 Å². The van der Waals surface area contributed by atoms with Crippen molar-refractivity contribution < 1.29 is 14.6 Å². The highest BCUT2D eigenvalue weighted by Gasteiger charge is 2.37. The molecule has 4 rings (SSSR count). The van der Waals surface area contributed by atoms with Crippen molar-refractivity contribution in [2.75, 3.05) is 6.61 Å². The van der Waals surface area contributed by atoms with Gasteiger partial charge in [0.25, 0.3) is 0 Å². The number of benzene rings is 3. The summed E-state index contributed by atoms with van der Waals surface area (Å²) < 4.78 is 5.08. The van der Waals surface area contributed by atoms with Crippen LogP contribution in [0.25, 0.3) is 21.9 Å². The standard InChI is InChI=1S/C28H32O3/c1-6-31-26(30)19-9-7-18(8-10-19)20-13-21-15-24-25(16-23(21)22(14-20)17-29)28(4,5)12-11-27(24,2)3/h7-10,13-16,29H,6,11-12,17H2,1-5H3. The molecule has 0 saturated heterocycles. The zero-order valence-corrected chi connectivity index (χ0v) is 19.2. The van der Waals surface area contributed by atoms with E-state index < -0.39 is 0 Å². The summed E-state index contributed by atoms with van der Waals surface area (Å²) in [5.74, 6) is -0.305. The zero-order valence-electron chi connectivity index (χ0n) is 19.2. The van der Waals surface area contributed by atoms with E-state index in [1.54, 1.807) is 19.1 Å². The second-order valence-corrected chi connectivity index (χ2v) is 9.98. The minimum Gasteiger partial charge on any atom is -0.462 e. The molecule has 0 bridgehead atoms. The molecule has 0 unspecified atom stereocenters. The lowest BCUT2D eigenvalue weighted by atomic mass is 9.62. The largest absolute Gasteiger partial charge is 0.462 e. The molecule has 3 aromatic carbocycles. The number of aliphatic hydroxyl groups excluding tert-OH is 1. The summed E-state index contributed by atoms with van der Waals surface area (Å²) in [6, 6.07) is 16.4. The lowest BCUT2D eigenvalue weighted by molar-refractivity contribution is 0.0526. The SMILES string of the molecule is CCOC(=O)c1ccc(-c2cc(CO)c3cc4c(cc3c2)C(C)(C)CCC4(C)C)cc1. The van der Waals surface area contributed by atoms with Crippen molar-refractivity contribution in [1.82, 2.24) is 0 Å². The number of esters is 1. The molecule has 0 heterocycles. The molecule has 3 nitrogen and oxygen atoms in total. The minimum atomic E-state index is -0.305. The molecule has 31 heavy (non-hydrogen) atoms. The molecule has 0 saturated carbocycles. The Balaban J connectivity index is 1.85. The fourth-order valence-electron chi connectivity index (χ4n) is 4.81. The predicted molar refractivity (Wildman–Crippen MR) is 127 cm³/mol. The fourth-order valence-corrected chi connectivity index (χ4v) is 4.81. The first-order valence-electron chi connectivity index (χ1n) is 11.2.